The third-order valence-electron chi connectivity index (χ3n) is 5.72. The Bertz CT molecular complexity index is 881. The Hall–Kier alpha value is -2.15. The molecule has 0 unspecified atom stereocenters. The minimum atomic E-state index is 0.736. The molecule has 0 spiro atoms. The van der Waals surface area contributed by atoms with Crippen molar-refractivity contribution in [3.05, 3.63) is 65.2 Å². The van der Waals surface area contributed by atoms with Gasteiger partial charge in [0.15, 0.2) is 0 Å². The molecule has 1 heterocycles. The van der Waals surface area contributed by atoms with Crippen LogP contribution in [0.2, 0.25) is 0 Å². The third-order valence-corrected chi connectivity index (χ3v) is 5.72. The number of aromatic nitrogens is 1. The molecule has 0 radical (unpaired) electrons. The summed E-state index contributed by atoms with van der Waals surface area (Å²) in [6, 6.07) is 18.0. The molecule has 1 saturated carbocycles. The summed E-state index contributed by atoms with van der Waals surface area (Å²) in [4.78, 5) is 4.93. The number of benzene rings is 2. The van der Waals surface area contributed by atoms with Crippen molar-refractivity contribution in [1.29, 1.82) is 0 Å². The van der Waals surface area contributed by atoms with E-state index >= 15 is 0 Å². The predicted molar refractivity (Wildman–Crippen MR) is 107 cm³/mol. The van der Waals surface area contributed by atoms with Crippen LogP contribution in [0.25, 0.3) is 22.2 Å². The van der Waals surface area contributed by atoms with E-state index in [0.717, 1.165) is 23.0 Å². The first-order valence-electron chi connectivity index (χ1n) is 9.58. The van der Waals surface area contributed by atoms with Crippen molar-refractivity contribution in [3.8, 4) is 11.3 Å². The lowest BCUT2D eigenvalue weighted by Gasteiger charge is -2.26. The van der Waals surface area contributed by atoms with Crippen molar-refractivity contribution >= 4 is 10.9 Å². The van der Waals surface area contributed by atoms with Crippen LogP contribution in [-0.2, 0) is 0 Å². The van der Waals surface area contributed by atoms with Crippen LogP contribution in [0.15, 0.2) is 48.5 Å². The first kappa shape index (κ1) is 16.3. The smallest absolute Gasteiger partial charge is 0.0709 e. The Morgan fingerprint density at radius 1 is 0.800 bits per heavy atom. The molecule has 0 bridgehead atoms. The summed E-state index contributed by atoms with van der Waals surface area (Å²) in [5, 5.41) is 1.27. The summed E-state index contributed by atoms with van der Waals surface area (Å²) in [5.74, 6) is 1.64. The number of nitrogens with zero attached hydrogens (tertiary/aromatic N) is 1. The predicted octanol–water partition coefficient (Wildman–Crippen LogP) is 6.81. The molecule has 128 valence electrons. The summed E-state index contributed by atoms with van der Waals surface area (Å²) < 4.78 is 0. The molecule has 3 aromatic rings. The maximum atomic E-state index is 4.93. The maximum absolute atomic E-state index is 4.93. The summed E-state index contributed by atoms with van der Waals surface area (Å²) in [5.41, 5.74) is 7.46. The van der Waals surface area contributed by atoms with Gasteiger partial charge in [-0.2, -0.15) is 0 Å². The van der Waals surface area contributed by atoms with Gasteiger partial charge in [-0.25, -0.2) is 4.98 Å². The Morgan fingerprint density at radius 2 is 1.52 bits per heavy atom. The van der Waals surface area contributed by atoms with Crippen LogP contribution in [0, 0.1) is 19.8 Å². The number of aryl methyl sites for hydroxylation is 2. The molecule has 1 aliphatic rings. The second-order valence-electron chi connectivity index (χ2n) is 7.98. The van der Waals surface area contributed by atoms with Gasteiger partial charge in [0.25, 0.3) is 0 Å². The molecule has 0 atom stereocenters. The number of fused-ring (bicyclic) bond motifs is 1. The summed E-state index contributed by atoms with van der Waals surface area (Å²) in [7, 11) is 0. The highest BCUT2D eigenvalue weighted by molar-refractivity contribution is 5.82. The van der Waals surface area contributed by atoms with Crippen LogP contribution >= 0.6 is 0 Å². The lowest BCUT2D eigenvalue weighted by Crippen LogP contribution is -2.10. The van der Waals surface area contributed by atoms with Gasteiger partial charge < -0.3 is 0 Å². The van der Waals surface area contributed by atoms with E-state index in [-0.39, 0.29) is 0 Å². The van der Waals surface area contributed by atoms with Crippen LogP contribution < -0.4 is 0 Å². The lowest BCUT2D eigenvalue weighted by atomic mass is 9.79. The third kappa shape index (κ3) is 3.46. The fourth-order valence-corrected chi connectivity index (χ4v) is 4.27. The lowest BCUT2D eigenvalue weighted by molar-refractivity contribution is 0.348. The summed E-state index contributed by atoms with van der Waals surface area (Å²) in [6.07, 6.45) is 5.40. The zero-order chi connectivity index (χ0) is 17.4. The largest absolute Gasteiger partial charge is 0.248 e. The maximum Gasteiger partial charge on any atom is 0.0709 e. The van der Waals surface area contributed by atoms with Crippen molar-refractivity contribution in [2.75, 3.05) is 0 Å². The molecule has 1 heteroatoms. The van der Waals surface area contributed by atoms with Crippen LogP contribution in [-0.4, -0.2) is 4.98 Å². The van der Waals surface area contributed by atoms with Gasteiger partial charge in [-0.05, 0) is 74.4 Å². The van der Waals surface area contributed by atoms with E-state index < -0.39 is 0 Å². The molecular weight excluding hydrogens is 302 g/mol. The van der Waals surface area contributed by atoms with Crippen molar-refractivity contribution in [1.82, 2.24) is 4.98 Å². The van der Waals surface area contributed by atoms with Gasteiger partial charge >= 0.3 is 0 Å². The standard InChI is InChI=1S/C24H27N/c1-16-4-6-19(7-5-16)20-8-10-23-21(15-20)9-11-24(25-23)22-13-17(2)12-18(3)14-22/h8-16,19H,4-7H2,1-3H3. The molecule has 25 heavy (non-hydrogen) atoms. The van der Waals surface area contributed by atoms with E-state index in [9.17, 15) is 0 Å². The first-order valence-corrected chi connectivity index (χ1v) is 9.58. The Kier molecular flexibility index (Phi) is 4.33. The second kappa shape index (κ2) is 6.63. The Balaban J connectivity index is 1.67. The van der Waals surface area contributed by atoms with Gasteiger partial charge in [0.2, 0.25) is 0 Å². The second-order valence-corrected chi connectivity index (χ2v) is 7.98. The van der Waals surface area contributed by atoms with Gasteiger partial charge in [0.1, 0.15) is 0 Å². The van der Waals surface area contributed by atoms with E-state index in [1.165, 1.54) is 53.3 Å². The minimum absolute atomic E-state index is 0.736. The molecule has 0 saturated heterocycles. The molecule has 0 aliphatic heterocycles. The quantitative estimate of drug-likeness (QED) is 0.503. The average Bonchev–Trinajstić information content (AvgIpc) is 2.60. The van der Waals surface area contributed by atoms with Crippen molar-refractivity contribution < 1.29 is 0 Å². The highest BCUT2D eigenvalue weighted by Crippen LogP contribution is 2.36. The van der Waals surface area contributed by atoms with Crippen molar-refractivity contribution in [2.24, 2.45) is 5.92 Å². The fraction of sp³-hybridized carbons (Fsp3) is 0.375. The zero-order valence-electron chi connectivity index (χ0n) is 15.5. The highest BCUT2D eigenvalue weighted by atomic mass is 14.7. The molecule has 1 nitrogen and oxygen atoms in total. The molecule has 1 fully saturated rings. The van der Waals surface area contributed by atoms with E-state index in [2.05, 4.69) is 69.3 Å². The van der Waals surface area contributed by atoms with E-state index in [0.29, 0.717) is 0 Å². The van der Waals surface area contributed by atoms with Gasteiger partial charge in [0, 0.05) is 10.9 Å². The van der Waals surface area contributed by atoms with Crippen molar-refractivity contribution in [2.45, 2.75) is 52.4 Å². The molecule has 1 aliphatic carbocycles. The molecule has 4 rings (SSSR count). The Labute approximate surface area is 151 Å². The monoisotopic (exact) mass is 329 g/mol. The molecule has 0 N–H and O–H groups in total. The van der Waals surface area contributed by atoms with Gasteiger partial charge in [0.05, 0.1) is 11.2 Å². The normalized spacial score (nSPS) is 20.8. The van der Waals surface area contributed by atoms with Gasteiger partial charge in [-0.3, -0.25) is 0 Å². The summed E-state index contributed by atoms with van der Waals surface area (Å²) in [6.45, 7) is 6.68. The highest BCUT2D eigenvalue weighted by Gasteiger charge is 2.19. The molecule has 1 aromatic heterocycles. The average molecular weight is 329 g/mol. The van der Waals surface area contributed by atoms with E-state index in [1.54, 1.807) is 0 Å². The molecular formula is C24H27N. The fourth-order valence-electron chi connectivity index (χ4n) is 4.27. The first-order chi connectivity index (χ1) is 12.1. The van der Waals surface area contributed by atoms with Crippen molar-refractivity contribution in [3.63, 3.8) is 0 Å². The minimum Gasteiger partial charge on any atom is -0.248 e. The number of hydrogen-bond donors (Lipinski definition) is 0. The topological polar surface area (TPSA) is 12.9 Å². The number of rotatable bonds is 2. The molecule has 0 amide bonds. The van der Waals surface area contributed by atoms with Gasteiger partial charge in [-0.15, -0.1) is 0 Å². The summed E-state index contributed by atoms with van der Waals surface area (Å²) >= 11 is 0. The van der Waals surface area contributed by atoms with Crippen LogP contribution in [0.4, 0.5) is 0 Å². The van der Waals surface area contributed by atoms with Crippen LogP contribution in [0.1, 0.15) is 55.2 Å². The SMILES string of the molecule is Cc1cc(C)cc(-c2ccc3cc(C4CCC(C)CC4)ccc3n2)c1. The molecule has 2 aromatic carbocycles. The van der Waals surface area contributed by atoms with E-state index in [4.69, 9.17) is 4.98 Å². The number of pyridine rings is 1. The van der Waals surface area contributed by atoms with Crippen LogP contribution in [0.3, 0.4) is 0 Å². The van der Waals surface area contributed by atoms with Gasteiger partial charge in [-0.1, -0.05) is 49.1 Å². The zero-order valence-corrected chi connectivity index (χ0v) is 15.5. The van der Waals surface area contributed by atoms with Crippen LogP contribution in [0.5, 0.6) is 0 Å². The Morgan fingerprint density at radius 3 is 2.24 bits per heavy atom. The number of hydrogen-bond acceptors (Lipinski definition) is 1. The van der Waals surface area contributed by atoms with E-state index in [1.807, 2.05) is 0 Å².